The fraction of sp³-hybridized carbons (Fsp3) is 0.286. The van der Waals surface area contributed by atoms with Crippen molar-refractivity contribution in [3.63, 3.8) is 0 Å². The summed E-state index contributed by atoms with van der Waals surface area (Å²) in [4.78, 5) is 38.7. The van der Waals surface area contributed by atoms with Gasteiger partial charge in [0.05, 0.1) is 16.4 Å². The third-order valence-corrected chi connectivity index (χ3v) is 5.49. The van der Waals surface area contributed by atoms with Gasteiger partial charge < -0.3 is 15.5 Å². The van der Waals surface area contributed by atoms with Gasteiger partial charge in [-0.1, -0.05) is 12.0 Å². The molecule has 1 aromatic carbocycles. The topological polar surface area (TPSA) is 78.5 Å². The Labute approximate surface area is 167 Å². The van der Waals surface area contributed by atoms with Crippen LogP contribution in [0.4, 0.5) is 10.7 Å². The fourth-order valence-electron chi connectivity index (χ4n) is 2.67. The number of nitrogens with one attached hydrogen (secondary N) is 2. The number of hydrogen-bond acceptors (Lipinski definition) is 4. The van der Waals surface area contributed by atoms with Gasteiger partial charge in [-0.2, -0.15) is 0 Å². The SMILES string of the molecule is C#Cc1cccc(NC(=O)CN(C)C(=O)c2sc(NC(=O)C3CC3)cc2C)c1. The summed E-state index contributed by atoms with van der Waals surface area (Å²) in [6, 6.07) is 8.74. The zero-order valence-electron chi connectivity index (χ0n) is 15.7. The predicted octanol–water partition coefficient (Wildman–Crippen LogP) is 3.10. The summed E-state index contributed by atoms with van der Waals surface area (Å²) in [5.74, 6) is 2.03. The van der Waals surface area contributed by atoms with Crippen molar-refractivity contribution in [3.05, 3.63) is 46.3 Å². The van der Waals surface area contributed by atoms with E-state index in [9.17, 15) is 14.4 Å². The molecule has 7 heteroatoms. The van der Waals surface area contributed by atoms with Crippen LogP contribution in [0.1, 0.15) is 33.6 Å². The lowest BCUT2D eigenvalue weighted by atomic mass is 10.2. The van der Waals surface area contributed by atoms with Gasteiger partial charge in [0, 0.05) is 24.2 Å². The van der Waals surface area contributed by atoms with Crippen molar-refractivity contribution < 1.29 is 14.4 Å². The lowest BCUT2D eigenvalue weighted by Gasteiger charge is -2.16. The summed E-state index contributed by atoms with van der Waals surface area (Å²) in [5, 5.41) is 6.25. The highest BCUT2D eigenvalue weighted by Gasteiger charge is 2.30. The Hall–Kier alpha value is -3.11. The highest BCUT2D eigenvalue weighted by molar-refractivity contribution is 7.18. The van der Waals surface area contributed by atoms with Gasteiger partial charge >= 0.3 is 0 Å². The van der Waals surface area contributed by atoms with Crippen LogP contribution in [-0.2, 0) is 9.59 Å². The van der Waals surface area contributed by atoms with Crippen molar-refractivity contribution in [3.8, 4) is 12.3 Å². The predicted molar refractivity (Wildman–Crippen MR) is 110 cm³/mol. The second-order valence-electron chi connectivity index (χ2n) is 6.82. The molecule has 3 amide bonds. The first kappa shape index (κ1) is 19.6. The van der Waals surface area contributed by atoms with Crippen molar-refractivity contribution in [2.24, 2.45) is 5.92 Å². The molecule has 0 bridgehead atoms. The van der Waals surface area contributed by atoms with Crippen molar-refractivity contribution in [2.75, 3.05) is 24.2 Å². The molecule has 2 N–H and O–H groups in total. The van der Waals surface area contributed by atoms with Gasteiger partial charge in [-0.05, 0) is 49.6 Å². The first-order valence-electron chi connectivity index (χ1n) is 8.90. The zero-order chi connectivity index (χ0) is 20.3. The maximum Gasteiger partial charge on any atom is 0.264 e. The van der Waals surface area contributed by atoms with Gasteiger partial charge in [-0.25, -0.2) is 0 Å². The number of hydrogen-bond donors (Lipinski definition) is 2. The van der Waals surface area contributed by atoms with Gasteiger partial charge in [0.25, 0.3) is 5.91 Å². The van der Waals surface area contributed by atoms with E-state index in [-0.39, 0.29) is 30.2 Å². The smallest absolute Gasteiger partial charge is 0.264 e. The highest BCUT2D eigenvalue weighted by atomic mass is 32.1. The molecule has 144 valence electrons. The molecule has 0 saturated heterocycles. The van der Waals surface area contributed by atoms with E-state index in [1.165, 1.54) is 16.2 Å². The zero-order valence-corrected chi connectivity index (χ0v) is 16.6. The van der Waals surface area contributed by atoms with Crippen LogP contribution < -0.4 is 10.6 Å². The molecule has 0 unspecified atom stereocenters. The minimum absolute atomic E-state index is 0.00202. The summed E-state index contributed by atoms with van der Waals surface area (Å²) in [5.41, 5.74) is 2.02. The Balaban J connectivity index is 1.60. The molecule has 6 nitrogen and oxygen atoms in total. The van der Waals surface area contributed by atoms with Gasteiger partial charge in [-0.15, -0.1) is 17.8 Å². The number of carbonyl (C=O) groups excluding carboxylic acids is 3. The number of nitrogens with zero attached hydrogens (tertiary/aromatic N) is 1. The van der Waals surface area contributed by atoms with Crippen molar-refractivity contribution >= 4 is 39.7 Å². The minimum Gasteiger partial charge on any atom is -0.332 e. The fourth-order valence-corrected chi connectivity index (χ4v) is 3.74. The van der Waals surface area contributed by atoms with Gasteiger partial charge in [0.15, 0.2) is 0 Å². The monoisotopic (exact) mass is 395 g/mol. The van der Waals surface area contributed by atoms with Crippen LogP contribution in [0.3, 0.4) is 0 Å². The van der Waals surface area contributed by atoms with E-state index in [0.29, 0.717) is 21.1 Å². The molecule has 1 aliphatic carbocycles. The molecular weight excluding hydrogens is 374 g/mol. The first-order valence-corrected chi connectivity index (χ1v) is 9.72. The number of thiophene rings is 1. The lowest BCUT2D eigenvalue weighted by molar-refractivity contribution is -0.117. The van der Waals surface area contributed by atoms with E-state index >= 15 is 0 Å². The average Bonchev–Trinajstić information content (AvgIpc) is 3.45. The molecule has 1 heterocycles. The molecule has 0 atom stereocenters. The number of amides is 3. The van der Waals surface area contributed by atoms with Gasteiger partial charge in [-0.3, -0.25) is 14.4 Å². The first-order chi connectivity index (χ1) is 13.4. The second-order valence-corrected chi connectivity index (χ2v) is 7.87. The van der Waals surface area contributed by atoms with Gasteiger partial charge in [0.2, 0.25) is 11.8 Å². The van der Waals surface area contributed by atoms with E-state index < -0.39 is 0 Å². The maximum absolute atomic E-state index is 12.7. The lowest BCUT2D eigenvalue weighted by Crippen LogP contribution is -2.34. The van der Waals surface area contributed by atoms with E-state index in [1.54, 1.807) is 37.4 Å². The standard InChI is InChI=1S/C21H21N3O3S/c1-4-14-6-5-7-16(11-14)22-17(25)12-24(3)21(27)19-13(2)10-18(28-19)23-20(26)15-8-9-15/h1,5-7,10-11,15H,8-9,12H2,2-3H3,(H,22,25)(H,23,26). The number of likely N-dealkylation sites (N-methyl/N-ethyl adjacent to an activating group) is 1. The quantitative estimate of drug-likeness (QED) is 0.738. The van der Waals surface area contributed by atoms with Crippen LogP contribution in [0.2, 0.25) is 0 Å². The molecule has 1 aromatic heterocycles. The third kappa shape index (κ3) is 4.78. The number of aryl methyl sites for hydroxylation is 1. The third-order valence-electron chi connectivity index (χ3n) is 4.35. The molecule has 1 fully saturated rings. The largest absolute Gasteiger partial charge is 0.332 e. The van der Waals surface area contributed by atoms with Crippen molar-refractivity contribution in [1.82, 2.24) is 4.90 Å². The summed E-state index contributed by atoms with van der Waals surface area (Å²) >= 11 is 1.23. The molecular formula is C21H21N3O3S. The Morgan fingerprint density at radius 2 is 2.00 bits per heavy atom. The average molecular weight is 395 g/mol. The van der Waals surface area contributed by atoms with Crippen LogP contribution in [0, 0.1) is 25.2 Å². The Kier molecular flexibility index (Phi) is 5.81. The number of benzene rings is 1. The Bertz CT molecular complexity index is 970. The van der Waals surface area contributed by atoms with Crippen LogP contribution in [0.15, 0.2) is 30.3 Å². The van der Waals surface area contributed by atoms with Crippen LogP contribution in [0.5, 0.6) is 0 Å². The normalized spacial score (nSPS) is 12.8. The van der Waals surface area contributed by atoms with Crippen molar-refractivity contribution in [1.29, 1.82) is 0 Å². The second kappa shape index (κ2) is 8.28. The summed E-state index contributed by atoms with van der Waals surface area (Å²) in [6.45, 7) is 1.72. The van der Waals surface area contributed by atoms with E-state index in [4.69, 9.17) is 6.42 Å². The molecule has 1 saturated carbocycles. The Morgan fingerprint density at radius 1 is 1.25 bits per heavy atom. The summed E-state index contributed by atoms with van der Waals surface area (Å²) < 4.78 is 0. The summed E-state index contributed by atoms with van der Waals surface area (Å²) in [6.07, 6.45) is 7.20. The molecule has 3 rings (SSSR count). The van der Waals surface area contributed by atoms with Crippen LogP contribution in [0.25, 0.3) is 0 Å². The van der Waals surface area contributed by atoms with Gasteiger partial charge in [0.1, 0.15) is 0 Å². The molecule has 0 spiro atoms. The van der Waals surface area contributed by atoms with Crippen LogP contribution >= 0.6 is 11.3 Å². The highest BCUT2D eigenvalue weighted by Crippen LogP contribution is 2.33. The van der Waals surface area contributed by atoms with Crippen LogP contribution in [-0.4, -0.2) is 36.2 Å². The number of anilines is 2. The van der Waals surface area contributed by atoms with E-state index in [0.717, 1.165) is 18.4 Å². The summed E-state index contributed by atoms with van der Waals surface area (Å²) in [7, 11) is 1.57. The molecule has 0 radical (unpaired) electrons. The maximum atomic E-state index is 12.7. The van der Waals surface area contributed by atoms with Crippen molar-refractivity contribution in [2.45, 2.75) is 19.8 Å². The Morgan fingerprint density at radius 3 is 2.68 bits per heavy atom. The number of terminal acetylenes is 1. The molecule has 0 aliphatic heterocycles. The van der Waals surface area contributed by atoms with E-state index in [1.807, 2.05) is 6.92 Å². The molecule has 28 heavy (non-hydrogen) atoms. The number of carbonyl (C=O) groups is 3. The number of rotatable bonds is 6. The molecule has 2 aromatic rings. The molecule has 1 aliphatic rings. The van der Waals surface area contributed by atoms with E-state index in [2.05, 4.69) is 16.6 Å². The minimum atomic E-state index is -0.318.